The number of aliphatic hydroxyl groups excluding tert-OH is 1. The van der Waals surface area contributed by atoms with Gasteiger partial charge in [-0.15, -0.1) is 0 Å². The Labute approximate surface area is 64.4 Å². The molecule has 0 fully saturated rings. The van der Waals surface area contributed by atoms with Crippen LogP contribution in [0.4, 0.5) is 0 Å². The fourth-order valence-corrected chi connectivity index (χ4v) is 0.547. The van der Waals surface area contributed by atoms with Gasteiger partial charge in [-0.3, -0.25) is 4.79 Å². The maximum absolute atomic E-state index is 10.6. The summed E-state index contributed by atoms with van der Waals surface area (Å²) in [7, 11) is 0. The largest absolute Gasteiger partial charge is 0.395 e. The van der Waals surface area contributed by atoms with E-state index in [1.165, 1.54) is 0 Å². The van der Waals surface area contributed by atoms with Crippen LogP contribution in [0.2, 0.25) is 0 Å². The highest BCUT2D eigenvalue weighted by Crippen LogP contribution is 1.78. The van der Waals surface area contributed by atoms with E-state index >= 15 is 0 Å². The molecule has 0 aliphatic heterocycles. The molecular formula is C5H10N2O2S. The fraction of sp³-hybridized carbons (Fsp3) is 0.600. The molecule has 0 aromatic carbocycles. The van der Waals surface area contributed by atoms with Crippen LogP contribution in [0.1, 0.15) is 6.42 Å². The number of nitrogens with one attached hydrogen (secondary N) is 1. The van der Waals surface area contributed by atoms with Crippen molar-refractivity contribution in [2.24, 2.45) is 5.73 Å². The van der Waals surface area contributed by atoms with Gasteiger partial charge in [0.05, 0.1) is 18.0 Å². The Morgan fingerprint density at radius 2 is 2.30 bits per heavy atom. The number of carbonyl (C=O) groups is 1. The van der Waals surface area contributed by atoms with Crippen molar-refractivity contribution in [2.75, 3.05) is 13.2 Å². The molecular weight excluding hydrogens is 152 g/mol. The molecule has 0 unspecified atom stereocenters. The Morgan fingerprint density at radius 3 is 2.70 bits per heavy atom. The Kier molecular flexibility index (Phi) is 4.78. The van der Waals surface area contributed by atoms with Crippen LogP contribution in [0, 0.1) is 0 Å². The molecule has 4 N–H and O–H groups in total. The van der Waals surface area contributed by atoms with Crippen molar-refractivity contribution in [1.82, 2.24) is 5.32 Å². The van der Waals surface area contributed by atoms with E-state index in [0.29, 0.717) is 0 Å². The summed E-state index contributed by atoms with van der Waals surface area (Å²) in [5, 5.41) is 10.7. The van der Waals surface area contributed by atoms with Crippen molar-refractivity contribution in [1.29, 1.82) is 0 Å². The summed E-state index contributed by atoms with van der Waals surface area (Å²) in [6.45, 7) is 0.185. The van der Waals surface area contributed by atoms with Gasteiger partial charge in [0.2, 0.25) is 5.91 Å². The molecule has 0 atom stereocenters. The molecule has 0 aliphatic carbocycles. The maximum Gasteiger partial charge on any atom is 0.226 e. The van der Waals surface area contributed by atoms with Gasteiger partial charge in [-0.1, -0.05) is 12.2 Å². The number of aliphatic hydroxyl groups is 1. The molecule has 0 bridgehead atoms. The number of thiocarbonyl (C=S) groups is 1. The summed E-state index contributed by atoms with van der Waals surface area (Å²) in [5.74, 6) is -0.249. The normalized spacial score (nSPS) is 8.90. The summed E-state index contributed by atoms with van der Waals surface area (Å²) in [5.41, 5.74) is 5.07. The lowest BCUT2D eigenvalue weighted by Crippen LogP contribution is -2.29. The van der Waals surface area contributed by atoms with E-state index in [1.54, 1.807) is 0 Å². The molecule has 10 heavy (non-hydrogen) atoms. The minimum atomic E-state index is -0.249. The average Bonchev–Trinajstić information content (AvgIpc) is 1.82. The van der Waals surface area contributed by atoms with Crippen LogP contribution in [0.5, 0.6) is 0 Å². The maximum atomic E-state index is 10.6. The van der Waals surface area contributed by atoms with Gasteiger partial charge in [-0.05, 0) is 0 Å². The summed E-state index contributed by atoms with van der Waals surface area (Å²) in [6.07, 6.45) is 0.0509. The minimum Gasteiger partial charge on any atom is -0.395 e. The molecule has 0 aliphatic rings. The highest BCUT2D eigenvalue weighted by Gasteiger charge is 1.99. The standard InChI is InChI=1S/C5H10N2O2S/c6-4(10)3-5(9)7-1-2-8/h8H,1-3H2,(H2,6,10)(H,7,9). The third kappa shape index (κ3) is 5.46. The van der Waals surface area contributed by atoms with Crippen LogP contribution < -0.4 is 11.1 Å². The van der Waals surface area contributed by atoms with Crippen molar-refractivity contribution in [3.63, 3.8) is 0 Å². The SMILES string of the molecule is NC(=S)CC(=O)NCCO. The molecule has 58 valence electrons. The van der Waals surface area contributed by atoms with Crippen LogP contribution >= 0.6 is 12.2 Å². The Bertz CT molecular complexity index is 138. The zero-order valence-electron chi connectivity index (χ0n) is 5.46. The van der Waals surface area contributed by atoms with Crippen molar-refractivity contribution in [3.05, 3.63) is 0 Å². The smallest absolute Gasteiger partial charge is 0.226 e. The van der Waals surface area contributed by atoms with Gasteiger partial charge in [-0.25, -0.2) is 0 Å². The van der Waals surface area contributed by atoms with Crippen molar-refractivity contribution in [3.8, 4) is 0 Å². The van der Waals surface area contributed by atoms with E-state index < -0.39 is 0 Å². The third-order valence-corrected chi connectivity index (χ3v) is 0.913. The van der Waals surface area contributed by atoms with Crippen LogP contribution in [0.3, 0.4) is 0 Å². The lowest BCUT2D eigenvalue weighted by atomic mass is 10.4. The van der Waals surface area contributed by atoms with Crippen molar-refractivity contribution >= 4 is 23.1 Å². The molecule has 0 saturated carbocycles. The third-order valence-electron chi connectivity index (χ3n) is 0.769. The molecule has 0 heterocycles. The zero-order chi connectivity index (χ0) is 7.98. The van der Waals surface area contributed by atoms with Crippen molar-refractivity contribution < 1.29 is 9.90 Å². The van der Waals surface area contributed by atoms with E-state index in [1.807, 2.05) is 0 Å². The van der Waals surface area contributed by atoms with Gasteiger partial charge >= 0.3 is 0 Å². The number of carbonyl (C=O) groups excluding carboxylic acids is 1. The second-order valence-electron chi connectivity index (χ2n) is 1.72. The highest BCUT2D eigenvalue weighted by molar-refractivity contribution is 7.80. The van der Waals surface area contributed by atoms with E-state index in [4.69, 9.17) is 10.8 Å². The molecule has 0 radical (unpaired) electrons. The summed E-state index contributed by atoms with van der Waals surface area (Å²) in [4.78, 5) is 10.8. The van der Waals surface area contributed by atoms with Crippen LogP contribution in [-0.2, 0) is 4.79 Å². The van der Waals surface area contributed by atoms with Crippen LogP contribution in [-0.4, -0.2) is 29.2 Å². The summed E-state index contributed by atoms with van der Waals surface area (Å²) >= 11 is 4.48. The second-order valence-corrected chi connectivity index (χ2v) is 2.24. The molecule has 0 aromatic rings. The van der Waals surface area contributed by atoms with Gasteiger partial charge in [0.1, 0.15) is 0 Å². The number of hydrogen-bond acceptors (Lipinski definition) is 3. The topological polar surface area (TPSA) is 75.4 Å². The Balaban J connectivity index is 3.35. The molecule has 5 heteroatoms. The highest BCUT2D eigenvalue weighted by atomic mass is 32.1. The fourth-order valence-electron chi connectivity index (χ4n) is 0.416. The van der Waals surface area contributed by atoms with Crippen LogP contribution in [0.15, 0.2) is 0 Å². The molecule has 1 amide bonds. The summed E-state index contributed by atoms with van der Waals surface area (Å²) in [6, 6.07) is 0. The number of nitrogens with two attached hydrogens (primary N) is 1. The number of hydrogen-bond donors (Lipinski definition) is 3. The summed E-state index contributed by atoms with van der Waals surface area (Å²) < 4.78 is 0. The van der Waals surface area contributed by atoms with Gasteiger partial charge < -0.3 is 16.2 Å². The minimum absolute atomic E-state index is 0.0509. The van der Waals surface area contributed by atoms with Crippen molar-refractivity contribution in [2.45, 2.75) is 6.42 Å². The van der Waals surface area contributed by atoms with E-state index in [-0.39, 0.29) is 30.5 Å². The molecule has 0 spiro atoms. The van der Waals surface area contributed by atoms with Gasteiger partial charge in [0, 0.05) is 6.54 Å². The van der Waals surface area contributed by atoms with E-state index in [9.17, 15) is 4.79 Å². The van der Waals surface area contributed by atoms with Gasteiger partial charge in [0.15, 0.2) is 0 Å². The molecule has 0 rings (SSSR count). The quantitative estimate of drug-likeness (QED) is 0.452. The zero-order valence-corrected chi connectivity index (χ0v) is 6.28. The van der Waals surface area contributed by atoms with Crippen LogP contribution in [0.25, 0.3) is 0 Å². The first kappa shape index (κ1) is 9.32. The Hall–Kier alpha value is -0.680. The van der Waals surface area contributed by atoms with E-state index in [2.05, 4.69) is 17.5 Å². The number of amides is 1. The molecule has 4 nitrogen and oxygen atoms in total. The van der Waals surface area contributed by atoms with Gasteiger partial charge in [-0.2, -0.15) is 0 Å². The Morgan fingerprint density at radius 1 is 1.70 bits per heavy atom. The van der Waals surface area contributed by atoms with Gasteiger partial charge in [0.25, 0.3) is 0 Å². The average molecular weight is 162 g/mol. The number of rotatable bonds is 4. The first-order valence-electron chi connectivity index (χ1n) is 2.82. The predicted octanol–water partition coefficient (Wildman–Crippen LogP) is -1.23. The lowest BCUT2D eigenvalue weighted by Gasteiger charge is -1.99. The lowest BCUT2D eigenvalue weighted by molar-refractivity contribution is -0.120. The monoisotopic (exact) mass is 162 g/mol. The first-order valence-corrected chi connectivity index (χ1v) is 3.23. The predicted molar refractivity (Wildman–Crippen MR) is 41.5 cm³/mol. The molecule has 0 saturated heterocycles. The first-order chi connectivity index (χ1) is 4.66. The molecule has 0 aromatic heterocycles. The second kappa shape index (κ2) is 5.13. The van der Waals surface area contributed by atoms with E-state index in [0.717, 1.165) is 0 Å².